The van der Waals surface area contributed by atoms with Crippen molar-refractivity contribution < 1.29 is 22.7 Å². The number of sulfonamides is 1. The molecule has 7 nitrogen and oxygen atoms in total. The van der Waals surface area contributed by atoms with Crippen LogP contribution in [0.2, 0.25) is 0 Å². The summed E-state index contributed by atoms with van der Waals surface area (Å²) < 4.78 is 38.2. The molecule has 174 valence electrons. The Morgan fingerprint density at radius 2 is 1.55 bits per heavy atom. The average Bonchev–Trinajstić information content (AvgIpc) is 2.83. The van der Waals surface area contributed by atoms with Crippen LogP contribution in [0.25, 0.3) is 0 Å². The molecule has 3 aromatic carbocycles. The Morgan fingerprint density at radius 1 is 0.909 bits per heavy atom. The largest absolute Gasteiger partial charge is 0.497 e. The normalized spacial score (nSPS) is 12.1. The van der Waals surface area contributed by atoms with Gasteiger partial charge in [0, 0.05) is 6.54 Å². The van der Waals surface area contributed by atoms with E-state index in [1.165, 1.54) is 24.3 Å². The van der Waals surface area contributed by atoms with Gasteiger partial charge in [0.05, 0.1) is 18.0 Å². The monoisotopic (exact) mass is 468 g/mol. The van der Waals surface area contributed by atoms with Crippen molar-refractivity contribution in [3.63, 3.8) is 0 Å². The predicted octanol–water partition coefficient (Wildman–Crippen LogP) is 3.47. The number of carbonyl (C=O) groups is 1. The molecule has 0 saturated carbocycles. The first-order chi connectivity index (χ1) is 15.9. The number of nitrogens with one attached hydrogen (secondary N) is 2. The maximum atomic E-state index is 12.5. The van der Waals surface area contributed by atoms with Crippen LogP contribution in [0.15, 0.2) is 83.8 Å². The maximum absolute atomic E-state index is 12.5. The first-order valence-electron chi connectivity index (χ1n) is 10.6. The van der Waals surface area contributed by atoms with E-state index >= 15 is 0 Å². The van der Waals surface area contributed by atoms with Crippen molar-refractivity contribution in [2.24, 2.45) is 0 Å². The van der Waals surface area contributed by atoms with Crippen molar-refractivity contribution in [3.8, 4) is 11.5 Å². The van der Waals surface area contributed by atoms with Crippen molar-refractivity contribution in [2.75, 3.05) is 20.3 Å². The smallest absolute Gasteiger partial charge is 0.258 e. The lowest BCUT2D eigenvalue weighted by molar-refractivity contribution is -0.123. The molecule has 0 heterocycles. The molecule has 0 unspecified atom stereocenters. The summed E-state index contributed by atoms with van der Waals surface area (Å²) in [5.41, 5.74) is 2.00. The number of hydrogen-bond acceptors (Lipinski definition) is 5. The molecule has 3 aromatic rings. The Kier molecular flexibility index (Phi) is 8.46. The number of hydrogen-bond donors (Lipinski definition) is 2. The minimum atomic E-state index is -3.62. The Balaban J connectivity index is 1.46. The minimum absolute atomic E-state index is 0.139. The molecule has 0 radical (unpaired) electrons. The van der Waals surface area contributed by atoms with Crippen LogP contribution < -0.4 is 19.5 Å². The van der Waals surface area contributed by atoms with E-state index in [1.807, 2.05) is 61.5 Å². The van der Waals surface area contributed by atoms with Gasteiger partial charge in [0.1, 0.15) is 11.5 Å². The molecule has 1 amide bonds. The summed E-state index contributed by atoms with van der Waals surface area (Å²) in [6.07, 6.45) is 0.603. The lowest BCUT2D eigenvalue weighted by Gasteiger charge is -2.15. The Bertz CT molecular complexity index is 1130. The van der Waals surface area contributed by atoms with Crippen LogP contribution in [0.1, 0.15) is 24.1 Å². The van der Waals surface area contributed by atoms with Crippen LogP contribution in [0.5, 0.6) is 11.5 Å². The number of methoxy groups -OCH3 is 1. The van der Waals surface area contributed by atoms with E-state index in [2.05, 4.69) is 10.0 Å². The highest BCUT2D eigenvalue weighted by molar-refractivity contribution is 7.89. The SMILES string of the molecule is COc1ccc([C@@H](C)NC(=O)COc2ccc(S(=O)(=O)NCCc3ccccc3)cc2)cc1. The summed E-state index contributed by atoms with van der Waals surface area (Å²) >= 11 is 0. The van der Waals surface area contributed by atoms with Gasteiger partial charge in [-0.15, -0.1) is 0 Å². The summed E-state index contributed by atoms with van der Waals surface area (Å²) in [6.45, 7) is 2.00. The second kappa shape index (κ2) is 11.5. The van der Waals surface area contributed by atoms with Gasteiger partial charge in [-0.1, -0.05) is 42.5 Å². The summed E-state index contributed by atoms with van der Waals surface area (Å²) in [6, 6.07) is 22.9. The van der Waals surface area contributed by atoms with E-state index < -0.39 is 10.0 Å². The van der Waals surface area contributed by atoms with Crippen LogP contribution in [0.4, 0.5) is 0 Å². The second-order valence-corrected chi connectivity index (χ2v) is 9.22. The fourth-order valence-electron chi connectivity index (χ4n) is 3.18. The molecule has 0 aliphatic carbocycles. The van der Waals surface area contributed by atoms with Crippen LogP contribution in [-0.2, 0) is 21.2 Å². The van der Waals surface area contributed by atoms with Crippen molar-refractivity contribution in [2.45, 2.75) is 24.3 Å². The van der Waals surface area contributed by atoms with Crippen molar-refractivity contribution in [3.05, 3.63) is 90.0 Å². The minimum Gasteiger partial charge on any atom is -0.497 e. The Hall–Kier alpha value is -3.36. The number of ether oxygens (including phenoxy) is 2. The highest BCUT2D eigenvalue weighted by Gasteiger charge is 2.14. The zero-order valence-corrected chi connectivity index (χ0v) is 19.5. The van der Waals surface area contributed by atoms with E-state index in [1.54, 1.807) is 7.11 Å². The van der Waals surface area contributed by atoms with Crippen molar-refractivity contribution >= 4 is 15.9 Å². The summed E-state index contributed by atoms with van der Waals surface area (Å²) in [4.78, 5) is 12.4. The molecule has 0 aliphatic heterocycles. The molecule has 0 fully saturated rings. The van der Waals surface area contributed by atoms with Crippen LogP contribution in [0.3, 0.4) is 0 Å². The first kappa shape index (κ1) is 24.3. The summed E-state index contributed by atoms with van der Waals surface area (Å²) in [5.74, 6) is 0.876. The lowest BCUT2D eigenvalue weighted by atomic mass is 10.1. The third kappa shape index (κ3) is 7.34. The fourth-order valence-corrected chi connectivity index (χ4v) is 4.21. The highest BCUT2D eigenvalue weighted by Crippen LogP contribution is 2.18. The van der Waals surface area contributed by atoms with Gasteiger partial charge in [0.25, 0.3) is 5.91 Å². The standard InChI is InChI=1S/C25H28N2O5S/c1-19(21-8-10-22(31-2)11-9-21)27-25(28)18-32-23-12-14-24(15-13-23)33(29,30)26-17-16-20-6-4-3-5-7-20/h3-15,19,26H,16-18H2,1-2H3,(H,27,28)/t19-/m1/s1. The molecular formula is C25H28N2O5S. The quantitative estimate of drug-likeness (QED) is 0.449. The van der Waals surface area contributed by atoms with Crippen LogP contribution in [-0.4, -0.2) is 34.6 Å². The summed E-state index contributed by atoms with van der Waals surface area (Å²) in [7, 11) is -2.02. The van der Waals surface area contributed by atoms with E-state index in [9.17, 15) is 13.2 Å². The zero-order valence-electron chi connectivity index (χ0n) is 18.7. The van der Waals surface area contributed by atoms with Crippen molar-refractivity contribution in [1.82, 2.24) is 10.0 Å². The highest BCUT2D eigenvalue weighted by atomic mass is 32.2. The molecule has 0 aliphatic rings. The van der Waals surface area contributed by atoms with Gasteiger partial charge >= 0.3 is 0 Å². The number of amides is 1. The molecule has 3 rings (SSSR count). The third-order valence-corrected chi connectivity index (χ3v) is 6.52. The molecule has 0 spiro atoms. The predicted molar refractivity (Wildman–Crippen MR) is 127 cm³/mol. The van der Waals surface area contributed by atoms with Gasteiger partial charge in [0.2, 0.25) is 10.0 Å². The molecule has 1 atom stereocenters. The molecule has 0 bridgehead atoms. The topological polar surface area (TPSA) is 93.7 Å². The Morgan fingerprint density at radius 3 is 2.18 bits per heavy atom. The van der Waals surface area contributed by atoms with Gasteiger partial charge in [0.15, 0.2) is 6.61 Å². The molecule has 2 N–H and O–H groups in total. The second-order valence-electron chi connectivity index (χ2n) is 7.46. The number of rotatable bonds is 11. The average molecular weight is 469 g/mol. The zero-order chi connectivity index (χ0) is 23.7. The fraction of sp³-hybridized carbons (Fsp3) is 0.240. The van der Waals surface area contributed by atoms with Crippen LogP contribution in [0, 0.1) is 0 Å². The van der Waals surface area contributed by atoms with Gasteiger partial charge in [-0.25, -0.2) is 13.1 Å². The van der Waals surface area contributed by atoms with E-state index in [-0.39, 0.29) is 23.5 Å². The van der Waals surface area contributed by atoms with E-state index in [0.717, 1.165) is 16.9 Å². The lowest BCUT2D eigenvalue weighted by Crippen LogP contribution is -2.31. The van der Waals surface area contributed by atoms with Gasteiger partial charge in [-0.05, 0) is 60.9 Å². The molecule has 33 heavy (non-hydrogen) atoms. The third-order valence-electron chi connectivity index (χ3n) is 5.05. The molecule has 0 saturated heterocycles. The van der Waals surface area contributed by atoms with E-state index in [0.29, 0.717) is 18.7 Å². The number of benzene rings is 3. The van der Waals surface area contributed by atoms with E-state index in [4.69, 9.17) is 9.47 Å². The molecule has 0 aromatic heterocycles. The Labute approximate surface area is 194 Å². The van der Waals surface area contributed by atoms with Crippen molar-refractivity contribution in [1.29, 1.82) is 0 Å². The van der Waals surface area contributed by atoms with Crippen LogP contribution >= 0.6 is 0 Å². The molecular weight excluding hydrogens is 440 g/mol. The first-order valence-corrected chi connectivity index (χ1v) is 12.1. The van der Waals surface area contributed by atoms with Gasteiger partial charge in [-0.2, -0.15) is 0 Å². The number of carbonyl (C=O) groups excluding carboxylic acids is 1. The summed E-state index contributed by atoms with van der Waals surface area (Å²) in [5, 5.41) is 2.87. The van der Waals surface area contributed by atoms with Gasteiger partial charge in [-0.3, -0.25) is 4.79 Å². The van der Waals surface area contributed by atoms with Gasteiger partial charge < -0.3 is 14.8 Å². The maximum Gasteiger partial charge on any atom is 0.258 e. The molecule has 8 heteroatoms.